The first-order chi connectivity index (χ1) is 31.8. The Kier molecular flexibility index (Phi) is 13.5. The molecule has 328 valence electrons. The fourth-order valence-electron chi connectivity index (χ4n) is 6.38. The third-order valence-corrected chi connectivity index (χ3v) is 9.78. The summed E-state index contributed by atoms with van der Waals surface area (Å²) in [6.45, 7) is -1.16. The van der Waals surface area contributed by atoms with Crippen molar-refractivity contribution in [3.05, 3.63) is 191 Å². The van der Waals surface area contributed by atoms with Crippen LogP contribution >= 0.6 is 0 Å². The molecule has 0 bridgehead atoms. The molecule has 65 heavy (non-hydrogen) atoms. The maximum atomic E-state index is 13.6. The zero-order valence-electron chi connectivity index (χ0n) is 34.6. The van der Waals surface area contributed by atoms with Crippen molar-refractivity contribution >= 4 is 23.9 Å². The van der Waals surface area contributed by atoms with Crippen molar-refractivity contribution in [3.63, 3.8) is 0 Å². The number of nitrogens with zero attached hydrogens (tertiary/aromatic N) is 12. The van der Waals surface area contributed by atoms with Gasteiger partial charge in [-0.25, -0.2) is 37.9 Å². The summed E-state index contributed by atoms with van der Waals surface area (Å²) in [6, 6.07) is 37.7. The Morgan fingerprint density at radius 1 is 0.354 bits per heavy atom. The summed E-state index contributed by atoms with van der Waals surface area (Å²) in [5.74, 6) is -3.63. The van der Waals surface area contributed by atoms with E-state index in [-0.39, 0.29) is 22.8 Å². The smallest absolute Gasteiger partial charge is 0.360 e. The van der Waals surface area contributed by atoms with Crippen LogP contribution in [0.2, 0.25) is 0 Å². The highest BCUT2D eigenvalue weighted by Gasteiger charge is 2.39. The fraction of sp³-hybridized carbons (Fsp3) is 0.200. The molecular formula is C45H40N12O8. The molecule has 0 aliphatic carbocycles. The van der Waals surface area contributed by atoms with Gasteiger partial charge in [-0.1, -0.05) is 142 Å². The van der Waals surface area contributed by atoms with Crippen LogP contribution < -0.4 is 0 Å². The number of carbonyl (C=O) groups is 4. The number of rotatable bonds is 20. The Hall–Kier alpha value is -8.68. The van der Waals surface area contributed by atoms with E-state index in [1.54, 1.807) is 0 Å². The normalized spacial score (nSPS) is 11.2. The number of hydrogen-bond donors (Lipinski definition) is 0. The molecule has 0 aliphatic rings. The molecule has 20 nitrogen and oxygen atoms in total. The lowest BCUT2D eigenvalue weighted by Gasteiger charge is -2.31. The summed E-state index contributed by atoms with van der Waals surface area (Å²) >= 11 is 0. The summed E-state index contributed by atoms with van der Waals surface area (Å²) < 4.78 is 28.9. The van der Waals surface area contributed by atoms with E-state index in [1.165, 1.54) is 43.5 Å². The van der Waals surface area contributed by atoms with Gasteiger partial charge in [-0.05, 0) is 22.3 Å². The molecule has 0 aliphatic heterocycles. The molecule has 4 heterocycles. The second-order valence-electron chi connectivity index (χ2n) is 15.0. The molecule has 0 N–H and O–H groups in total. The lowest BCUT2D eigenvalue weighted by Crippen LogP contribution is -2.44. The molecule has 0 radical (unpaired) electrons. The topological polar surface area (TPSA) is 228 Å². The first-order valence-corrected chi connectivity index (χ1v) is 20.2. The summed E-state index contributed by atoms with van der Waals surface area (Å²) in [4.78, 5) is 54.3. The van der Waals surface area contributed by atoms with E-state index in [1.807, 2.05) is 121 Å². The van der Waals surface area contributed by atoms with Gasteiger partial charge in [0.1, 0.15) is 31.8 Å². The van der Waals surface area contributed by atoms with Crippen molar-refractivity contribution < 1.29 is 38.1 Å². The van der Waals surface area contributed by atoms with Gasteiger partial charge in [0, 0.05) is 0 Å². The van der Waals surface area contributed by atoms with E-state index in [4.69, 9.17) is 18.9 Å². The molecular weight excluding hydrogens is 837 g/mol. The Bertz CT molecular complexity index is 2440. The van der Waals surface area contributed by atoms with E-state index in [0.717, 1.165) is 22.3 Å². The van der Waals surface area contributed by atoms with E-state index >= 15 is 0 Å². The SMILES string of the molecule is O=C(OCC(COC(=O)c1cn(Cc2ccccc2)nn1)(COC(=O)c1cn(Cc2ccccc2)nn1)COC(=O)c1cn(Cc2ccccc2)nn1)c1cn(Cc2ccccc2)nn1. The van der Waals surface area contributed by atoms with Gasteiger partial charge in [-0.15, -0.1) is 20.4 Å². The Morgan fingerprint density at radius 3 is 0.785 bits per heavy atom. The van der Waals surface area contributed by atoms with E-state index in [0.29, 0.717) is 26.2 Å². The molecule has 0 saturated carbocycles. The van der Waals surface area contributed by atoms with E-state index in [9.17, 15) is 19.2 Å². The van der Waals surface area contributed by atoms with E-state index in [2.05, 4.69) is 41.2 Å². The first kappa shape index (κ1) is 43.0. The number of carbonyl (C=O) groups excluding carboxylic acids is 4. The van der Waals surface area contributed by atoms with Crippen molar-refractivity contribution in [2.24, 2.45) is 5.41 Å². The van der Waals surface area contributed by atoms with Crippen LogP contribution in [0.1, 0.15) is 64.2 Å². The van der Waals surface area contributed by atoms with Gasteiger partial charge in [-0.2, -0.15) is 0 Å². The average molecular weight is 877 g/mol. The number of benzene rings is 4. The van der Waals surface area contributed by atoms with Gasteiger partial charge in [0.25, 0.3) is 0 Å². The first-order valence-electron chi connectivity index (χ1n) is 20.2. The standard InChI is InChI=1S/C45H40N12O8/c58-41(37-25-54(50-46-37)21-33-13-5-1-6-14-33)62-29-45(30-63-42(59)38-26-55(51-47-38)22-34-15-7-2-8-16-34,31-64-43(60)39-27-56(52-48-39)23-35-17-9-3-10-18-35)32-65-44(61)40-28-57(53-49-40)24-36-19-11-4-12-20-36/h1-20,25-28H,21-24,29-32H2. The highest BCUT2D eigenvalue weighted by atomic mass is 16.6. The minimum Gasteiger partial charge on any atom is -0.460 e. The molecule has 8 aromatic rings. The third-order valence-electron chi connectivity index (χ3n) is 9.78. The molecule has 0 spiro atoms. The van der Waals surface area contributed by atoms with Crippen molar-refractivity contribution in [3.8, 4) is 0 Å². The van der Waals surface area contributed by atoms with Crippen LogP contribution in [0.4, 0.5) is 0 Å². The molecule has 4 aromatic carbocycles. The van der Waals surface area contributed by atoms with Gasteiger partial charge in [0.05, 0.1) is 51.0 Å². The van der Waals surface area contributed by atoms with Gasteiger partial charge < -0.3 is 18.9 Å². The highest BCUT2D eigenvalue weighted by molar-refractivity contribution is 5.88. The maximum absolute atomic E-state index is 13.6. The molecule has 0 atom stereocenters. The van der Waals surface area contributed by atoms with Crippen molar-refractivity contribution in [2.75, 3.05) is 26.4 Å². The van der Waals surface area contributed by atoms with Gasteiger partial charge in [-0.3, -0.25) is 0 Å². The van der Waals surface area contributed by atoms with Crippen molar-refractivity contribution in [2.45, 2.75) is 26.2 Å². The molecule has 0 unspecified atom stereocenters. The summed E-state index contributed by atoms with van der Waals surface area (Å²) in [7, 11) is 0. The van der Waals surface area contributed by atoms with Gasteiger partial charge in [0.2, 0.25) is 0 Å². The van der Waals surface area contributed by atoms with Crippen LogP contribution in [0.15, 0.2) is 146 Å². The monoisotopic (exact) mass is 876 g/mol. The number of hydrogen-bond acceptors (Lipinski definition) is 16. The molecule has 20 heteroatoms. The predicted octanol–water partition coefficient (Wildman–Crippen LogP) is 3.96. The van der Waals surface area contributed by atoms with Crippen LogP contribution in [0.5, 0.6) is 0 Å². The molecule has 0 fully saturated rings. The Morgan fingerprint density at radius 2 is 0.569 bits per heavy atom. The summed E-state index contributed by atoms with van der Waals surface area (Å²) in [6.07, 6.45) is 5.64. The van der Waals surface area contributed by atoms with E-state index < -0.39 is 55.7 Å². The lowest BCUT2D eigenvalue weighted by atomic mass is 9.92. The zero-order valence-corrected chi connectivity index (χ0v) is 34.6. The molecule has 0 saturated heterocycles. The second-order valence-corrected chi connectivity index (χ2v) is 15.0. The third kappa shape index (κ3) is 11.8. The Balaban J connectivity index is 1.03. The Labute approximate surface area is 370 Å². The van der Waals surface area contributed by atoms with Crippen molar-refractivity contribution in [1.29, 1.82) is 0 Å². The van der Waals surface area contributed by atoms with Crippen LogP contribution in [0, 0.1) is 5.41 Å². The number of esters is 4. The van der Waals surface area contributed by atoms with Gasteiger partial charge >= 0.3 is 23.9 Å². The molecule has 8 rings (SSSR count). The fourth-order valence-corrected chi connectivity index (χ4v) is 6.38. The van der Waals surface area contributed by atoms with Crippen LogP contribution in [-0.4, -0.2) is 110 Å². The molecule has 4 aromatic heterocycles. The second kappa shape index (κ2) is 20.5. The largest absolute Gasteiger partial charge is 0.460 e. The lowest BCUT2D eigenvalue weighted by molar-refractivity contribution is -0.0646. The predicted molar refractivity (Wildman–Crippen MR) is 226 cm³/mol. The average Bonchev–Trinajstić information content (AvgIpc) is 4.19. The maximum Gasteiger partial charge on any atom is 0.360 e. The zero-order chi connectivity index (χ0) is 44.9. The van der Waals surface area contributed by atoms with Crippen LogP contribution in [0.25, 0.3) is 0 Å². The van der Waals surface area contributed by atoms with Crippen LogP contribution in [0.3, 0.4) is 0 Å². The minimum atomic E-state index is -1.74. The summed E-state index contributed by atoms with van der Waals surface area (Å²) in [5, 5.41) is 32.1. The van der Waals surface area contributed by atoms with Gasteiger partial charge in [0.15, 0.2) is 22.8 Å². The number of ether oxygens (including phenoxy) is 4. The van der Waals surface area contributed by atoms with Crippen LogP contribution in [-0.2, 0) is 45.1 Å². The quantitative estimate of drug-likeness (QED) is 0.0780. The number of aromatic nitrogens is 12. The minimum absolute atomic E-state index is 0.138. The summed E-state index contributed by atoms with van der Waals surface area (Å²) in [5.41, 5.74) is 1.38. The molecule has 0 amide bonds. The highest BCUT2D eigenvalue weighted by Crippen LogP contribution is 2.24. The van der Waals surface area contributed by atoms with Crippen molar-refractivity contribution in [1.82, 2.24) is 60.0 Å².